The highest BCUT2D eigenvalue weighted by atomic mass is 35.5. The fraction of sp³-hybridized carbons (Fsp3) is 0.667. The van der Waals surface area contributed by atoms with Gasteiger partial charge in [-0.1, -0.05) is 11.6 Å². The third-order valence-corrected chi connectivity index (χ3v) is 4.31. The summed E-state index contributed by atoms with van der Waals surface area (Å²) in [4.78, 5) is 1.36. The monoisotopic (exact) mass is 258 g/mol. The first kappa shape index (κ1) is 12.4. The van der Waals surface area contributed by atoms with Gasteiger partial charge in [-0.2, -0.15) is 0 Å². The molecule has 2 rings (SSSR count). The smallest absolute Gasteiger partial charge is 0.0931 e. The van der Waals surface area contributed by atoms with E-state index in [0.717, 1.165) is 23.8 Å². The summed E-state index contributed by atoms with van der Waals surface area (Å²) in [5.41, 5.74) is 0.296. The maximum Gasteiger partial charge on any atom is 0.0931 e. The van der Waals surface area contributed by atoms with E-state index >= 15 is 0 Å². The third kappa shape index (κ3) is 3.45. The van der Waals surface area contributed by atoms with Crippen LogP contribution in [0.3, 0.4) is 0 Å². The Morgan fingerprint density at radius 1 is 1.56 bits per heavy atom. The maximum atomic E-state index is 5.89. The number of rotatable bonds is 4. The number of hydrogen-bond donors (Lipinski definition) is 2. The van der Waals surface area contributed by atoms with Crippen LogP contribution in [0.2, 0.25) is 4.34 Å². The molecule has 0 aliphatic carbocycles. The van der Waals surface area contributed by atoms with Gasteiger partial charge in [0.2, 0.25) is 0 Å². The average molecular weight is 259 g/mol. The second-order valence-electron chi connectivity index (χ2n) is 5.08. The molecule has 1 aliphatic heterocycles. The Hall–Kier alpha value is -0.0900. The molecule has 1 atom stereocenters. The molecule has 1 aromatic heterocycles. The molecule has 2 heterocycles. The molecule has 0 spiro atoms. The first-order valence-corrected chi connectivity index (χ1v) is 6.97. The van der Waals surface area contributed by atoms with Gasteiger partial charge >= 0.3 is 0 Å². The topological polar surface area (TPSA) is 24.1 Å². The van der Waals surface area contributed by atoms with Crippen LogP contribution in [0.25, 0.3) is 0 Å². The Balaban J connectivity index is 1.69. The molecule has 2 N–H and O–H groups in total. The molecule has 0 aromatic carbocycles. The van der Waals surface area contributed by atoms with Gasteiger partial charge in [0, 0.05) is 29.5 Å². The van der Waals surface area contributed by atoms with Gasteiger partial charge < -0.3 is 10.6 Å². The van der Waals surface area contributed by atoms with E-state index < -0.39 is 0 Å². The van der Waals surface area contributed by atoms with Crippen molar-refractivity contribution in [2.45, 2.75) is 38.3 Å². The minimum atomic E-state index is 0.296. The van der Waals surface area contributed by atoms with Crippen molar-refractivity contribution in [2.24, 2.45) is 0 Å². The average Bonchev–Trinajstić information content (AvgIpc) is 2.73. The molecule has 16 heavy (non-hydrogen) atoms. The molecule has 0 saturated carbocycles. The fourth-order valence-electron chi connectivity index (χ4n) is 2.19. The first-order valence-electron chi connectivity index (χ1n) is 5.78. The van der Waals surface area contributed by atoms with Gasteiger partial charge in [-0.15, -0.1) is 11.3 Å². The minimum absolute atomic E-state index is 0.296. The van der Waals surface area contributed by atoms with Crippen molar-refractivity contribution < 1.29 is 0 Å². The summed E-state index contributed by atoms with van der Waals surface area (Å²) in [6.45, 7) is 6.64. The number of hydrogen-bond acceptors (Lipinski definition) is 3. The van der Waals surface area contributed by atoms with E-state index in [1.807, 2.05) is 6.07 Å². The molecule has 1 aromatic rings. The first-order chi connectivity index (χ1) is 7.55. The summed E-state index contributed by atoms with van der Waals surface area (Å²) in [6.07, 6.45) is 2.28. The zero-order valence-electron chi connectivity index (χ0n) is 9.85. The van der Waals surface area contributed by atoms with Gasteiger partial charge in [0.1, 0.15) is 0 Å². The standard InChI is InChI=1S/C12H19ClN2S/c1-12(2)7-9(8-15-12)14-6-5-10-3-4-11(13)16-10/h3-4,9,14-15H,5-8H2,1-2H3. The largest absolute Gasteiger partial charge is 0.312 e. The van der Waals surface area contributed by atoms with E-state index in [9.17, 15) is 0 Å². The second kappa shape index (κ2) is 5.05. The second-order valence-corrected chi connectivity index (χ2v) is 6.88. The highest BCUT2D eigenvalue weighted by molar-refractivity contribution is 7.16. The van der Waals surface area contributed by atoms with Gasteiger partial charge in [0.25, 0.3) is 0 Å². The molecule has 0 amide bonds. The van der Waals surface area contributed by atoms with Gasteiger partial charge in [0.15, 0.2) is 0 Å². The molecular formula is C12H19ClN2S. The molecule has 1 unspecified atom stereocenters. The lowest BCUT2D eigenvalue weighted by Crippen LogP contribution is -2.32. The van der Waals surface area contributed by atoms with Crippen LogP contribution in [0.15, 0.2) is 12.1 Å². The van der Waals surface area contributed by atoms with Crippen molar-refractivity contribution in [3.8, 4) is 0 Å². The highest BCUT2D eigenvalue weighted by Gasteiger charge is 2.29. The van der Waals surface area contributed by atoms with E-state index in [1.54, 1.807) is 11.3 Å². The van der Waals surface area contributed by atoms with E-state index in [-0.39, 0.29) is 0 Å². The molecule has 1 saturated heterocycles. The summed E-state index contributed by atoms with van der Waals surface area (Å²) < 4.78 is 0.888. The highest BCUT2D eigenvalue weighted by Crippen LogP contribution is 2.22. The van der Waals surface area contributed by atoms with Crippen LogP contribution < -0.4 is 10.6 Å². The quantitative estimate of drug-likeness (QED) is 0.868. The lowest BCUT2D eigenvalue weighted by Gasteiger charge is -2.17. The van der Waals surface area contributed by atoms with Crippen molar-refractivity contribution in [3.05, 3.63) is 21.3 Å². The Labute approximate surface area is 106 Å². The maximum absolute atomic E-state index is 5.89. The molecule has 90 valence electrons. The van der Waals surface area contributed by atoms with Crippen molar-refractivity contribution >= 4 is 22.9 Å². The molecule has 0 bridgehead atoms. The van der Waals surface area contributed by atoms with Gasteiger partial charge in [-0.05, 0) is 38.8 Å². The van der Waals surface area contributed by atoms with Gasteiger partial charge in [0.05, 0.1) is 4.34 Å². The SMILES string of the molecule is CC1(C)CC(NCCc2ccc(Cl)s2)CN1. The Morgan fingerprint density at radius 2 is 2.38 bits per heavy atom. The molecule has 4 heteroatoms. The third-order valence-electron chi connectivity index (χ3n) is 3.02. The molecule has 2 nitrogen and oxygen atoms in total. The summed E-state index contributed by atoms with van der Waals surface area (Å²) in [7, 11) is 0. The molecular weight excluding hydrogens is 240 g/mol. The van der Waals surface area contributed by atoms with Crippen LogP contribution in [0.4, 0.5) is 0 Å². The zero-order valence-corrected chi connectivity index (χ0v) is 11.4. The van der Waals surface area contributed by atoms with Crippen molar-refractivity contribution in [3.63, 3.8) is 0 Å². The van der Waals surface area contributed by atoms with Crippen LogP contribution in [-0.4, -0.2) is 24.7 Å². The fourth-order valence-corrected chi connectivity index (χ4v) is 3.28. The van der Waals surface area contributed by atoms with E-state index in [4.69, 9.17) is 11.6 Å². The summed E-state index contributed by atoms with van der Waals surface area (Å²) in [5.74, 6) is 0. The predicted molar refractivity (Wildman–Crippen MR) is 71.5 cm³/mol. The summed E-state index contributed by atoms with van der Waals surface area (Å²) in [5, 5.41) is 7.11. The predicted octanol–water partition coefficient (Wildman–Crippen LogP) is 2.67. The Bertz CT molecular complexity index is 349. The van der Waals surface area contributed by atoms with Crippen LogP contribution >= 0.6 is 22.9 Å². The van der Waals surface area contributed by atoms with Gasteiger partial charge in [-0.25, -0.2) is 0 Å². The van der Waals surface area contributed by atoms with Gasteiger partial charge in [-0.3, -0.25) is 0 Å². The number of nitrogens with one attached hydrogen (secondary N) is 2. The number of halogens is 1. The van der Waals surface area contributed by atoms with E-state index in [2.05, 4.69) is 30.5 Å². The summed E-state index contributed by atoms with van der Waals surface area (Å²) in [6, 6.07) is 4.71. The molecule has 1 aliphatic rings. The number of thiophene rings is 1. The van der Waals surface area contributed by atoms with Crippen LogP contribution in [0.5, 0.6) is 0 Å². The molecule has 0 radical (unpaired) electrons. The van der Waals surface area contributed by atoms with Crippen molar-refractivity contribution in [1.82, 2.24) is 10.6 Å². The van der Waals surface area contributed by atoms with E-state index in [1.165, 1.54) is 11.3 Å². The van der Waals surface area contributed by atoms with E-state index in [0.29, 0.717) is 11.6 Å². The molecule has 1 fully saturated rings. The zero-order chi connectivity index (χ0) is 11.6. The van der Waals surface area contributed by atoms with Crippen LogP contribution in [0, 0.1) is 0 Å². The lowest BCUT2D eigenvalue weighted by atomic mass is 10.0. The van der Waals surface area contributed by atoms with Crippen molar-refractivity contribution in [1.29, 1.82) is 0 Å². The Kier molecular flexibility index (Phi) is 3.90. The Morgan fingerprint density at radius 3 is 2.94 bits per heavy atom. The van der Waals surface area contributed by atoms with Crippen molar-refractivity contribution in [2.75, 3.05) is 13.1 Å². The minimum Gasteiger partial charge on any atom is -0.312 e. The van der Waals surface area contributed by atoms with Crippen LogP contribution in [-0.2, 0) is 6.42 Å². The lowest BCUT2D eigenvalue weighted by molar-refractivity contribution is 0.443. The normalized spacial score (nSPS) is 23.8. The van der Waals surface area contributed by atoms with Crippen LogP contribution in [0.1, 0.15) is 25.1 Å². The summed E-state index contributed by atoms with van der Waals surface area (Å²) >= 11 is 7.57.